The van der Waals surface area contributed by atoms with Crippen molar-refractivity contribution < 1.29 is 9.53 Å². The van der Waals surface area contributed by atoms with Gasteiger partial charge in [0.05, 0.1) is 10.2 Å². The first-order valence-corrected chi connectivity index (χ1v) is 12.3. The molecule has 3 rings (SSSR count). The number of thiazole rings is 1. The van der Waals surface area contributed by atoms with Gasteiger partial charge in [0.15, 0.2) is 11.7 Å². The largest absolute Gasteiger partial charge is 0.484 e. The third-order valence-electron chi connectivity index (χ3n) is 5.79. The first-order valence-electron chi connectivity index (χ1n) is 11.5. The number of nitrogens with zero attached hydrogens (tertiary/aromatic N) is 3. The summed E-state index contributed by atoms with van der Waals surface area (Å²) in [5.74, 6) is 1.10. The number of likely N-dealkylation sites (N-methyl/N-ethyl adjacent to an activating group) is 1. The lowest BCUT2D eigenvalue weighted by Gasteiger charge is -2.24. The van der Waals surface area contributed by atoms with E-state index >= 15 is 0 Å². The van der Waals surface area contributed by atoms with E-state index in [2.05, 4.69) is 70.7 Å². The molecule has 1 amide bonds. The molecule has 0 fully saturated rings. The van der Waals surface area contributed by atoms with Crippen LogP contribution in [0, 0.1) is 13.8 Å². The second-order valence-corrected chi connectivity index (χ2v) is 9.52. The molecule has 0 saturated heterocycles. The fraction of sp³-hybridized carbons (Fsp3) is 0.462. The summed E-state index contributed by atoms with van der Waals surface area (Å²) in [4.78, 5) is 22.2. The summed E-state index contributed by atoms with van der Waals surface area (Å²) in [5, 5.41) is 0.740. The number of benzene rings is 2. The van der Waals surface area contributed by atoms with Crippen molar-refractivity contribution in [1.29, 1.82) is 0 Å². The second-order valence-electron chi connectivity index (χ2n) is 8.51. The highest BCUT2D eigenvalue weighted by Gasteiger charge is 2.21. The van der Waals surface area contributed by atoms with Gasteiger partial charge in [0, 0.05) is 13.1 Å². The number of hydrogen-bond acceptors (Lipinski definition) is 5. The third-order valence-corrected chi connectivity index (χ3v) is 6.82. The van der Waals surface area contributed by atoms with Crippen LogP contribution in [0.2, 0.25) is 0 Å². The smallest absolute Gasteiger partial charge is 0.266 e. The number of amides is 1. The fourth-order valence-corrected chi connectivity index (χ4v) is 4.94. The predicted molar refractivity (Wildman–Crippen MR) is 135 cm³/mol. The summed E-state index contributed by atoms with van der Waals surface area (Å²) in [5.41, 5.74) is 4.57. The molecule has 0 saturated carbocycles. The van der Waals surface area contributed by atoms with Crippen molar-refractivity contribution in [3.8, 4) is 5.75 Å². The molecule has 1 aromatic heterocycles. The molecule has 0 aliphatic carbocycles. The van der Waals surface area contributed by atoms with Crippen molar-refractivity contribution in [3.63, 3.8) is 0 Å². The molecule has 0 spiro atoms. The van der Waals surface area contributed by atoms with Crippen LogP contribution in [-0.4, -0.2) is 48.6 Å². The van der Waals surface area contributed by atoms with Gasteiger partial charge >= 0.3 is 0 Å². The van der Waals surface area contributed by atoms with Gasteiger partial charge in [-0.3, -0.25) is 9.69 Å². The molecular formula is C26H35N3O2S. The number of ether oxygens (including phenoxy) is 1. The summed E-state index contributed by atoms with van der Waals surface area (Å²) >= 11 is 1.58. The summed E-state index contributed by atoms with van der Waals surface area (Å²) in [7, 11) is 0. The molecule has 6 heteroatoms. The Labute approximate surface area is 196 Å². The molecular weight excluding hydrogens is 418 g/mol. The number of carbonyl (C=O) groups excluding carboxylic acids is 1. The van der Waals surface area contributed by atoms with E-state index in [0.717, 1.165) is 40.5 Å². The van der Waals surface area contributed by atoms with Crippen molar-refractivity contribution in [3.05, 3.63) is 53.1 Å². The lowest BCUT2D eigenvalue weighted by molar-refractivity contribution is -0.120. The average Bonchev–Trinajstić information content (AvgIpc) is 3.19. The summed E-state index contributed by atoms with van der Waals surface area (Å²) < 4.78 is 6.97. The van der Waals surface area contributed by atoms with Crippen LogP contribution in [0.25, 0.3) is 10.2 Å². The molecule has 172 valence electrons. The van der Waals surface area contributed by atoms with Crippen molar-refractivity contribution in [1.82, 2.24) is 9.88 Å². The minimum Gasteiger partial charge on any atom is -0.484 e. The highest BCUT2D eigenvalue weighted by Crippen LogP contribution is 2.32. The topological polar surface area (TPSA) is 45.7 Å². The maximum absolute atomic E-state index is 13.3. The summed E-state index contributed by atoms with van der Waals surface area (Å²) in [6.07, 6.45) is 0. The molecule has 5 nitrogen and oxygen atoms in total. The van der Waals surface area contributed by atoms with Gasteiger partial charge in [0.2, 0.25) is 0 Å². The predicted octanol–water partition coefficient (Wildman–Crippen LogP) is 5.79. The number of rotatable bonds is 10. The van der Waals surface area contributed by atoms with Crippen LogP contribution in [0.1, 0.15) is 50.3 Å². The first-order chi connectivity index (χ1) is 15.3. The Bertz CT molecular complexity index is 1040. The summed E-state index contributed by atoms with van der Waals surface area (Å²) in [6.45, 7) is 16.1. The lowest BCUT2D eigenvalue weighted by Crippen LogP contribution is -2.41. The van der Waals surface area contributed by atoms with Crippen LogP contribution in [0.15, 0.2) is 36.4 Å². The molecule has 32 heavy (non-hydrogen) atoms. The zero-order valence-corrected chi connectivity index (χ0v) is 21.0. The molecule has 0 N–H and O–H groups in total. The monoisotopic (exact) mass is 453 g/mol. The fourth-order valence-electron chi connectivity index (χ4n) is 3.75. The van der Waals surface area contributed by atoms with Gasteiger partial charge < -0.3 is 9.64 Å². The van der Waals surface area contributed by atoms with E-state index in [-0.39, 0.29) is 12.5 Å². The number of hydrogen-bond donors (Lipinski definition) is 0. The maximum atomic E-state index is 13.3. The molecule has 0 radical (unpaired) electrons. The van der Waals surface area contributed by atoms with Crippen LogP contribution in [0.5, 0.6) is 5.75 Å². The molecule has 0 atom stereocenters. The normalized spacial score (nSPS) is 11.5. The van der Waals surface area contributed by atoms with E-state index in [0.29, 0.717) is 18.2 Å². The number of carbonyl (C=O) groups is 1. The van der Waals surface area contributed by atoms with Gasteiger partial charge in [-0.1, -0.05) is 57.2 Å². The lowest BCUT2D eigenvalue weighted by atomic mass is 10.0. The molecule has 0 bridgehead atoms. The highest BCUT2D eigenvalue weighted by molar-refractivity contribution is 7.22. The van der Waals surface area contributed by atoms with Gasteiger partial charge in [-0.15, -0.1) is 0 Å². The number of fused-ring (bicyclic) bond motifs is 1. The molecule has 1 heterocycles. The van der Waals surface area contributed by atoms with Crippen LogP contribution in [0.3, 0.4) is 0 Å². The van der Waals surface area contributed by atoms with Crippen LogP contribution in [-0.2, 0) is 4.79 Å². The zero-order chi connectivity index (χ0) is 23.3. The number of aryl methyl sites for hydroxylation is 2. The molecule has 2 aromatic carbocycles. The van der Waals surface area contributed by atoms with Crippen LogP contribution < -0.4 is 9.64 Å². The standard InChI is InChI=1S/C26H35N3O2S/c1-7-28(8-2)13-14-29(26-27-25-20(6)15-19(5)16-23(25)32-26)24(30)17-31-22-11-9-21(10-12-22)18(3)4/h9-12,15-16,18H,7-8,13-14,17H2,1-6H3. The number of aromatic nitrogens is 1. The maximum Gasteiger partial charge on any atom is 0.266 e. The van der Waals surface area contributed by atoms with E-state index in [1.807, 2.05) is 12.1 Å². The van der Waals surface area contributed by atoms with E-state index < -0.39 is 0 Å². The third kappa shape index (κ3) is 5.87. The van der Waals surface area contributed by atoms with Gasteiger partial charge in [0.1, 0.15) is 5.75 Å². The van der Waals surface area contributed by atoms with E-state index in [1.54, 1.807) is 16.2 Å². The minimum atomic E-state index is -0.0708. The van der Waals surface area contributed by atoms with Gasteiger partial charge in [0.25, 0.3) is 5.91 Å². The second kappa shape index (κ2) is 10.9. The Kier molecular flexibility index (Phi) is 8.26. The quantitative estimate of drug-likeness (QED) is 0.390. The SMILES string of the molecule is CCN(CC)CCN(C(=O)COc1ccc(C(C)C)cc1)c1nc2c(C)cc(C)cc2s1. The zero-order valence-electron chi connectivity index (χ0n) is 20.1. The molecule has 0 unspecified atom stereocenters. The van der Waals surface area contributed by atoms with Crippen molar-refractivity contribution in [2.24, 2.45) is 0 Å². The van der Waals surface area contributed by atoms with Crippen molar-refractivity contribution in [2.75, 3.05) is 37.7 Å². The highest BCUT2D eigenvalue weighted by atomic mass is 32.1. The van der Waals surface area contributed by atoms with Crippen molar-refractivity contribution >= 4 is 32.6 Å². The minimum absolute atomic E-state index is 0.00674. The Morgan fingerprint density at radius 3 is 2.38 bits per heavy atom. The Balaban J connectivity index is 1.80. The Hall–Kier alpha value is -2.44. The van der Waals surface area contributed by atoms with Gasteiger partial charge in [-0.05, 0) is 67.7 Å². The van der Waals surface area contributed by atoms with Gasteiger partial charge in [-0.2, -0.15) is 0 Å². The number of anilines is 1. The van der Waals surface area contributed by atoms with Crippen molar-refractivity contribution in [2.45, 2.75) is 47.5 Å². The van der Waals surface area contributed by atoms with E-state index in [4.69, 9.17) is 9.72 Å². The molecule has 0 aliphatic heterocycles. The van der Waals surface area contributed by atoms with Gasteiger partial charge in [-0.25, -0.2) is 4.98 Å². The average molecular weight is 454 g/mol. The summed E-state index contributed by atoms with van der Waals surface area (Å²) in [6, 6.07) is 12.3. The van der Waals surface area contributed by atoms with Crippen LogP contribution >= 0.6 is 11.3 Å². The Morgan fingerprint density at radius 2 is 1.75 bits per heavy atom. The van der Waals surface area contributed by atoms with Crippen LogP contribution in [0.4, 0.5) is 5.13 Å². The molecule has 0 aliphatic rings. The van der Waals surface area contributed by atoms with E-state index in [1.165, 1.54) is 11.1 Å². The Morgan fingerprint density at radius 1 is 1.06 bits per heavy atom. The van der Waals surface area contributed by atoms with E-state index in [9.17, 15) is 4.79 Å². The molecule has 3 aromatic rings. The first kappa shape index (κ1) is 24.2.